The minimum atomic E-state index is -3.49. The molecule has 4 nitrogen and oxygen atoms in total. The van der Waals surface area contributed by atoms with E-state index in [2.05, 4.69) is 22.6 Å². The van der Waals surface area contributed by atoms with E-state index in [4.69, 9.17) is 11.6 Å². The number of likely N-dealkylation sites (tertiary alicyclic amines) is 1. The van der Waals surface area contributed by atoms with Gasteiger partial charge in [-0.15, -0.1) is 0 Å². The molecule has 1 fully saturated rings. The summed E-state index contributed by atoms with van der Waals surface area (Å²) in [6, 6.07) is 10.3. The summed E-state index contributed by atoms with van der Waals surface area (Å²) < 4.78 is 26.4. The molecule has 0 atom stereocenters. The molecule has 0 aliphatic carbocycles. The third-order valence-corrected chi connectivity index (χ3v) is 8.10. The number of hydrogen-bond acceptors (Lipinski definition) is 3. The molecule has 0 N–H and O–H groups in total. The lowest BCUT2D eigenvalue weighted by Crippen LogP contribution is -2.39. The van der Waals surface area contributed by atoms with Gasteiger partial charge in [0.25, 0.3) is 0 Å². The largest absolute Gasteiger partial charge is 0.343 e. The van der Waals surface area contributed by atoms with Gasteiger partial charge in [-0.1, -0.05) is 46.3 Å². The van der Waals surface area contributed by atoms with E-state index in [0.29, 0.717) is 10.9 Å². The zero-order valence-electron chi connectivity index (χ0n) is 14.3. The van der Waals surface area contributed by atoms with E-state index in [1.165, 1.54) is 0 Å². The Balaban J connectivity index is 1.65. The maximum atomic E-state index is 12.6. The summed E-state index contributed by atoms with van der Waals surface area (Å²) >= 11 is 8.35. The molecule has 3 rings (SSSR count). The van der Waals surface area contributed by atoms with Crippen LogP contribution in [0.1, 0.15) is 19.3 Å². The van der Waals surface area contributed by atoms with E-state index in [-0.39, 0.29) is 23.0 Å². The fourth-order valence-electron chi connectivity index (χ4n) is 3.22. The predicted molar refractivity (Wildman–Crippen MR) is 114 cm³/mol. The van der Waals surface area contributed by atoms with Gasteiger partial charge in [-0.2, -0.15) is 0 Å². The SMILES string of the molecule is O=C(CCS(=O)(=O)c1ccc2cc(Cl)ccc2c1)N1CCC(CI)CC1. The van der Waals surface area contributed by atoms with Crippen molar-refractivity contribution in [3.05, 3.63) is 41.4 Å². The Hall–Kier alpha value is -0.860. The van der Waals surface area contributed by atoms with Crippen molar-refractivity contribution in [2.75, 3.05) is 23.3 Å². The van der Waals surface area contributed by atoms with Gasteiger partial charge in [0.15, 0.2) is 9.84 Å². The molecule has 2 aromatic rings. The van der Waals surface area contributed by atoms with Gasteiger partial charge in [0.1, 0.15) is 0 Å². The minimum absolute atomic E-state index is 0.0376. The van der Waals surface area contributed by atoms with E-state index in [9.17, 15) is 13.2 Å². The quantitative estimate of drug-likeness (QED) is 0.449. The van der Waals surface area contributed by atoms with Crippen LogP contribution >= 0.6 is 34.2 Å². The summed E-state index contributed by atoms with van der Waals surface area (Å²) in [6.07, 6.45) is 2.05. The Morgan fingerprint density at radius 2 is 1.77 bits per heavy atom. The first kappa shape index (κ1) is 19.9. The molecule has 140 valence electrons. The molecule has 1 saturated heterocycles. The van der Waals surface area contributed by atoms with Crippen LogP contribution in [0.2, 0.25) is 5.02 Å². The standard InChI is InChI=1S/C19H21ClINO3S/c20-17-3-1-16-12-18(4-2-15(16)11-17)26(24,25)10-7-19(23)22-8-5-14(13-21)6-9-22/h1-4,11-12,14H,5-10,13H2. The van der Waals surface area contributed by atoms with E-state index in [0.717, 1.165) is 41.1 Å². The Bertz CT molecular complexity index is 908. The lowest BCUT2D eigenvalue weighted by atomic mass is 9.99. The molecule has 0 aromatic heterocycles. The first-order valence-electron chi connectivity index (χ1n) is 8.65. The molecule has 0 unspecified atom stereocenters. The normalized spacial score (nSPS) is 16.2. The highest BCUT2D eigenvalue weighted by Gasteiger charge is 2.24. The van der Waals surface area contributed by atoms with Crippen LogP contribution in [0.4, 0.5) is 0 Å². The third kappa shape index (κ3) is 4.70. The Morgan fingerprint density at radius 1 is 1.12 bits per heavy atom. The van der Waals surface area contributed by atoms with Crippen molar-refractivity contribution in [3.8, 4) is 0 Å². The molecule has 1 amide bonds. The van der Waals surface area contributed by atoms with Crippen molar-refractivity contribution in [1.82, 2.24) is 4.90 Å². The van der Waals surface area contributed by atoms with Crippen LogP contribution in [0.15, 0.2) is 41.3 Å². The molecule has 2 aromatic carbocycles. The Morgan fingerprint density at radius 3 is 2.46 bits per heavy atom. The lowest BCUT2D eigenvalue weighted by molar-refractivity contribution is -0.132. The average Bonchev–Trinajstić information content (AvgIpc) is 2.65. The molecule has 1 aliphatic rings. The van der Waals surface area contributed by atoms with Crippen LogP contribution in [0, 0.1) is 5.92 Å². The molecule has 0 spiro atoms. The number of amides is 1. The van der Waals surface area contributed by atoms with Gasteiger partial charge in [-0.05, 0) is 53.8 Å². The lowest BCUT2D eigenvalue weighted by Gasteiger charge is -2.31. The van der Waals surface area contributed by atoms with Crippen molar-refractivity contribution in [1.29, 1.82) is 0 Å². The summed E-state index contributed by atoms with van der Waals surface area (Å²) in [5.74, 6) is 0.458. The maximum absolute atomic E-state index is 12.6. The van der Waals surface area contributed by atoms with Gasteiger partial charge in [0.05, 0.1) is 10.6 Å². The number of benzene rings is 2. The highest BCUT2D eigenvalue weighted by atomic mass is 127. The second-order valence-corrected chi connectivity index (χ2v) is 10.1. The maximum Gasteiger partial charge on any atom is 0.223 e. The Labute approximate surface area is 173 Å². The number of halogens is 2. The number of alkyl halides is 1. The zero-order valence-corrected chi connectivity index (χ0v) is 18.1. The number of fused-ring (bicyclic) bond motifs is 1. The molecular weight excluding hydrogens is 485 g/mol. The predicted octanol–water partition coefficient (Wildman–Crippen LogP) is 4.33. The number of carbonyl (C=O) groups excluding carboxylic acids is 1. The zero-order chi connectivity index (χ0) is 18.7. The molecule has 26 heavy (non-hydrogen) atoms. The van der Waals surface area contributed by atoms with Crippen LogP contribution in [0.25, 0.3) is 10.8 Å². The molecule has 7 heteroatoms. The first-order valence-corrected chi connectivity index (χ1v) is 12.2. The number of carbonyl (C=O) groups is 1. The summed E-state index contributed by atoms with van der Waals surface area (Å²) in [4.78, 5) is 14.4. The number of piperidine rings is 1. The fourth-order valence-corrected chi connectivity index (χ4v) is 5.54. The van der Waals surface area contributed by atoms with Gasteiger partial charge >= 0.3 is 0 Å². The van der Waals surface area contributed by atoms with Crippen LogP contribution in [-0.2, 0) is 14.6 Å². The fraction of sp³-hybridized carbons (Fsp3) is 0.421. The van der Waals surface area contributed by atoms with Crippen LogP contribution in [-0.4, -0.2) is 42.5 Å². The van der Waals surface area contributed by atoms with Gasteiger partial charge in [0, 0.05) is 29.0 Å². The summed E-state index contributed by atoms with van der Waals surface area (Å²) in [7, 11) is -3.49. The number of rotatable bonds is 5. The molecule has 0 radical (unpaired) electrons. The summed E-state index contributed by atoms with van der Waals surface area (Å²) in [5, 5.41) is 2.33. The highest BCUT2D eigenvalue weighted by molar-refractivity contribution is 14.1. The third-order valence-electron chi connectivity index (χ3n) is 4.90. The highest BCUT2D eigenvalue weighted by Crippen LogP contribution is 2.24. The van der Waals surface area contributed by atoms with Crippen molar-refractivity contribution in [2.24, 2.45) is 5.92 Å². The minimum Gasteiger partial charge on any atom is -0.343 e. The molecule has 1 heterocycles. The molecule has 0 bridgehead atoms. The van der Waals surface area contributed by atoms with Crippen LogP contribution < -0.4 is 0 Å². The molecule has 1 aliphatic heterocycles. The van der Waals surface area contributed by atoms with E-state index < -0.39 is 9.84 Å². The average molecular weight is 506 g/mol. The number of hydrogen-bond donors (Lipinski definition) is 0. The molecule has 0 saturated carbocycles. The topological polar surface area (TPSA) is 54.5 Å². The van der Waals surface area contributed by atoms with Crippen LogP contribution in [0.5, 0.6) is 0 Å². The monoisotopic (exact) mass is 505 g/mol. The van der Waals surface area contributed by atoms with E-state index >= 15 is 0 Å². The van der Waals surface area contributed by atoms with Gasteiger partial charge < -0.3 is 4.90 Å². The van der Waals surface area contributed by atoms with E-state index in [1.54, 1.807) is 41.3 Å². The van der Waals surface area contributed by atoms with Crippen molar-refractivity contribution >= 4 is 60.7 Å². The smallest absolute Gasteiger partial charge is 0.223 e. The van der Waals surface area contributed by atoms with Crippen LogP contribution in [0.3, 0.4) is 0 Å². The van der Waals surface area contributed by atoms with Crippen molar-refractivity contribution in [3.63, 3.8) is 0 Å². The van der Waals surface area contributed by atoms with Gasteiger partial charge in [-0.25, -0.2) is 8.42 Å². The molecular formula is C19H21ClINO3S. The number of nitrogens with zero attached hydrogens (tertiary/aromatic N) is 1. The summed E-state index contributed by atoms with van der Waals surface area (Å²) in [5.41, 5.74) is 0. The first-order chi connectivity index (χ1) is 12.4. The summed E-state index contributed by atoms with van der Waals surface area (Å²) in [6.45, 7) is 1.48. The van der Waals surface area contributed by atoms with Gasteiger partial charge in [-0.3, -0.25) is 4.79 Å². The van der Waals surface area contributed by atoms with E-state index in [1.807, 2.05) is 0 Å². The second-order valence-electron chi connectivity index (χ2n) is 6.70. The second kappa shape index (κ2) is 8.44. The van der Waals surface area contributed by atoms with Crippen molar-refractivity contribution in [2.45, 2.75) is 24.2 Å². The number of sulfone groups is 1. The Kier molecular flexibility index (Phi) is 6.45. The van der Waals surface area contributed by atoms with Gasteiger partial charge in [0.2, 0.25) is 5.91 Å². The van der Waals surface area contributed by atoms with Crippen molar-refractivity contribution < 1.29 is 13.2 Å².